The molecular weight excluding hydrogens is 246 g/mol. The number of aromatic nitrogens is 1. The third-order valence-corrected chi connectivity index (χ3v) is 5.01. The summed E-state index contributed by atoms with van der Waals surface area (Å²) >= 11 is 1.53. The lowest BCUT2D eigenvalue weighted by atomic mass is 9.98. The van der Waals surface area contributed by atoms with E-state index in [0.29, 0.717) is 5.92 Å². The predicted molar refractivity (Wildman–Crippen MR) is 75.2 cm³/mol. The van der Waals surface area contributed by atoms with E-state index >= 15 is 0 Å². The molecule has 1 aliphatic heterocycles. The Bertz CT molecular complexity index is 439. The van der Waals surface area contributed by atoms with Crippen LogP contribution in [0.15, 0.2) is 0 Å². The van der Waals surface area contributed by atoms with E-state index in [2.05, 4.69) is 9.27 Å². The average molecular weight is 267 g/mol. The van der Waals surface area contributed by atoms with Gasteiger partial charge in [0.25, 0.3) is 0 Å². The first-order chi connectivity index (χ1) is 8.57. The highest BCUT2D eigenvalue weighted by Gasteiger charge is 2.33. The summed E-state index contributed by atoms with van der Waals surface area (Å²) in [4.78, 5) is 2.38. The quantitative estimate of drug-likeness (QED) is 0.863. The van der Waals surface area contributed by atoms with Crippen LogP contribution >= 0.6 is 11.5 Å². The van der Waals surface area contributed by atoms with Crippen molar-refractivity contribution in [3.8, 4) is 0 Å². The minimum Gasteiger partial charge on any atom is -0.390 e. The maximum atomic E-state index is 10.2. The molecule has 0 amide bonds. The lowest BCUT2D eigenvalue weighted by Gasteiger charge is -2.23. The molecule has 0 radical (unpaired) electrons. The summed E-state index contributed by atoms with van der Waals surface area (Å²) in [7, 11) is 0. The second-order valence-electron chi connectivity index (χ2n) is 5.90. The third-order valence-electron chi connectivity index (χ3n) is 4.07. The van der Waals surface area contributed by atoms with Crippen molar-refractivity contribution in [1.82, 2.24) is 4.37 Å². The highest BCUT2D eigenvalue weighted by molar-refractivity contribution is 7.10. The van der Waals surface area contributed by atoms with Gasteiger partial charge in [0.05, 0.1) is 5.60 Å². The molecule has 3 N–H and O–H groups in total. The fraction of sp³-hybridized carbons (Fsp3) is 0.769. The van der Waals surface area contributed by atoms with E-state index in [1.54, 1.807) is 0 Å². The van der Waals surface area contributed by atoms with Gasteiger partial charge in [0.1, 0.15) is 10.8 Å². The molecule has 4 nitrogen and oxygen atoms in total. The largest absolute Gasteiger partial charge is 0.390 e. The van der Waals surface area contributed by atoms with E-state index in [-0.39, 0.29) is 0 Å². The number of anilines is 2. The van der Waals surface area contributed by atoms with Crippen LogP contribution in [0.25, 0.3) is 0 Å². The molecular formula is C13H21N3OS. The summed E-state index contributed by atoms with van der Waals surface area (Å²) in [6, 6.07) is 0. The van der Waals surface area contributed by atoms with E-state index in [4.69, 9.17) is 5.73 Å². The van der Waals surface area contributed by atoms with Crippen molar-refractivity contribution in [2.75, 3.05) is 23.7 Å². The molecule has 1 aromatic heterocycles. The van der Waals surface area contributed by atoms with Crippen molar-refractivity contribution >= 4 is 22.4 Å². The van der Waals surface area contributed by atoms with Crippen LogP contribution in [0.2, 0.25) is 0 Å². The second kappa shape index (κ2) is 4.38. The molecule has 1 unspecified atom stereocenters. The van der Waals surface area contributed by atoms with Crippen molar-refractivity contribution in [1.29, 1.82) is 0 Å². The van der Waals surface area contributed by atoms with E-state index in [0.717, 1.165) is 38.2 Å². The summed E-state index contributed by atoms with van der Waals surface area (Å²) in [6.45, 7) is 3.87. The number of nitrogen functional groups attached to an aromatic ring is 1. The van der Waals surface area contributed by atoms with Crippen LogP contribution in [-0.2, 0) is 0 Å². The summed E-state index contributed by atoms with van der Waals surface area (Å²) < 4.78 is 4.34. The van der Waals surface area contributed by atoms with Crippen molar-refractivity contribution < 1.29 is 5.11 Å². The number of nitrogens with zero attached hydrogens (tertiary/aromatic N) is 2. The maximum absolute atomic E-state index is 10.2. The third kappa shape index (κ3) is 2.34. The van der Waals surface area contributed by atoms with Crippen LogP contribution in [0.4, 0.5) is 10.8 Å². The monoisotopic (exact) mass is 267 g/mol. The van der Waals surface area contributed by atoms with Gasteiger partial charge in [0.15, 0.2) is 0 Å². The summed E-state index contributed by atoms with van der Waals surface area (Å²) in [6.07, 6.45) is 5.25. The summed E-state index contributed by atoms with van der Waals surface area (Å²) in [5, 5.41) is 11.4. The Hall–Kier alpha value is -0.810. The Labute approximate surface area is 112 Å². The lowest BCUT2D eigenvalue weighted by Crippen LogP contribution is -2.28. The van der Waals surface area contributed by atoms with E-state index in [1.807, 2.05) is 6.92 Å². The first-order valence-corrected chi connectivity index (χ1v) is 7.56. The second-order valence-corrected chi connectivity index (χ2v) is 6.65. The predicted octanol–water partition coefficient (Wildman–Crippen LogP) is 2.34. The molecule has 0 aromatic carbocycles. The molecule has 5 heteroatoms. The van der Waals surface area contributed by atoms with E-state index < -0.39 is 5.60 Å². The molecule has 0 spiro atoms. The first-order valence-electron chi connectivity index (χ1n) is 6.79. The maximum Gasteiger partial charge on any atom is 0.142 e. The van der Waals surface area contributed by atoms with Gasteiger partial charge in [-0.15, -0.1) is 0 Å². The van der Waals surface area contributed by atoms with Gasteiger partial charge in [-0.3, -0.25) is 0 Å². The molecule has 100 valence electrons. The molecule has 1 aliphatic carbocycles. The SMILES string of the molecule is CC1(O)CCCN(c2snc(N)c2C2CC2)CC1. The average Bonchev–Trinajstić information content (AvgIpc) is 3.08. The van der Waals surface area contributed by atoms with Crippen molar-refractivity contribution in [3.05, 3.63) is 5.56 Å². The zero-order valence-electron chi connectivity index (χ0n) is 10.9. The molecule has 2 heterocycles. The van der Waals surface area contributed by atoms with Crippen LogP contribution < -0.4 is 10.6 Å². The number of rotatable bonds is 2. The molecule has 1 saturated heterocycles. The Morgan fingerprint density at radius 1 is 1.39 bits per heavy atom. The van der Waals surface area contributed by atoms with Gasteiger partial charge in [0.2, 0.25) is 0 Å². The topological polar surface area (TPSA) is 62.4 Å². The van der Waals surface area contributed by atoms with Crippen LogP contribution in [0.1, 0.15) is 50.5 Å². The molecule has 1 atom stereocenters. The molecule has 18 heavy (non-hydrogen) atoms. The van der Waals surface area contributed by atoms with Gasteiger partial charge >= 0.3 is 0 Å². The smallest absolute Gasteiger partial charge is 0.142 e. The van der Waals surface area contributed by atoms with Crippen molar-refractivity contribution in [2.24, 2.45) is 0 Å². The normalized spacial score (nSPS) is 29.3. The Kier molecular flexibility index (Phi) is 2.98. The van der Waals surface area contributed by atoms with E-state index in [9.17, 15) is 5.11 Å². The van der Waals surface area contributed by atoms with Gasteiger partial charge in [-0.1, -0.05) is 0 Å². The Balaban J connectivity index is 1.82. The molecule has 1 saturated carbocycles. The number of nitrogens with two attached hydrogens (primary N) is 1. The Morgan fingerprint density at radius 2 is 2.17 bits per heavy atom. The van der Waals surface area contributed by atoms with Gasteiger partial charge in [0, 0.05) is 18.7 Å². The molecule has 1 aromatic rings. The van der Waals surface area contributed by atoms with Crippen LogP contribution in [0.5, 0.6) is 0 Å². The number of aliphatic hydroxyl groups is 1. The fourth-order valence-corrected chi connectivity index (χ4v) is 3.70. The summed E-state index contributed by atoms with van der Waals surface area (Å²) in [5.41, 5.74) is 6.77. The van der Waals surface area contributed by atoms with Crippen LogP contribution in [0, 0.1) is 0 Å². The first kappa shape index (κ1) is 12.2. The minimum absolute atomic E-state index is 0.509. The molecule has 2 fully saturated rings. The summed E-state index contributed by atoms with van der Waals surface area (Å²) in [5.74, 6) is 1.37. The van der Waals surface area contributed by atoms with Crippen molar-refractivity contribution in [2.45, 2.75) is 50.5 Å². The number of hydrogen-bond donors (Lipinski definition) is 2. The molecule has 0 bridgehead atoms. The fourth-order valence-electron chi connectivity index (χ4n) is 2.75. The molecule has 2 aliphatic rings. The standard InChI is InChI=1S/C13H21N3OS/c1-13(17)5-2-7-16(8-6-13)12-10(9-3-4-9)11(14)15-18-12/h9,17H,2-8H2,1H3,(H2,14,15). The number of hydrogen-bond acceptors (Lipinski definition) is 5. The van der Waals surface area contributed by atoms with Crippen LogP contribution in [0.3, 0.4) is 0 Å². The zero-order chi connectivity index (χ0) is 12.8. The van der Waals surface area contributed by atoms with Crippen molar-refractivity contribution in [3.63, 3.8) is 0 Å². The highest BCUT2D eigenvalue weighted by Crippen LogP contribution is 2.49. The van der Waals surface area contributed by atoms with Crippen LogP contribution in [-0.4, -0.2) is 28.2 Å². The van der Waals surface area contributed by atoms with Gasteiger partial charge < -0.3 is 15.7 Å². The van der Waals surface area contributed by atoms with E-state index in [1.165, 1.54) is 34.9 Å². The molecule has 3 rings (SSSR count). The van der Waals surface area contributed by atoms with Gasteiger partial charge in [-0.05, 0) is 56.5 Å². The van der Waals surface area contributed by atoms with Gasteiger partial charge in [-0.2, -0.15) is 4.37 Å². The van der Waals surface area contributed by atoms with Gasteiger partial charge in [-0.25, -0.2) is 0 Å². The highest BCUT2D eigenvalue weighted by atomic mass is 32.1. The Morgan fingerprint density at radius 3 is 2.89 bits per heavy atom. The lowest BCUT2D eigenvalue weighted by molar-refractivity contribution is 0.0481. The zero-order valence-corrected chi connectivity index (χ0v) is 11.7. The minimum atomic E-state index is -0.509.